The van der Waals surface area contributed by atoms with E-state index in [-0.39, 0.29) is 0 Å². The number of carbonyl (C=O) groups is 1. The molecule has 3 heteroatoms. The lowest BCUT2D eigenvalue weighted by molar-refractivity contribution is 0.112. The van der Waals surface area contributed by atoms with E-state index in [1.807, 2.05) is 6.92 Å². The molecule has 2 rings (SSSR count). The Labute approximate surface area is 156 Å². The molecule has 0 saturated carbocycles. The third kappa shape index (κ3) is 6.75. The van der Waals surface area contributed by atoms with Gasteiger partial charge in [-0.2, -0.15) is 0 Å². The lowest BCUT2D eigenvalue weighted by Crippen LogP contribution is -2.01. The molecule has 138 valence electrons. The minimum atomic E-state index is 0.541. The van der Waals surface area contributed by atoms with Crippen molar-refractivity contribution in [3.05, 3.63) is 71.3 Å². The highest BCUT2D eigenvalue weighted by atomic mass is 16.5. The molecule has 0 atom stereocenters. The highest BCUT2D eigenvalue weighted by Crippen LogP contribution is 2.28. The quantitative estimate of drug-likeness (QED) is 0.298. The van der Waals surface area contributed by atoms with Crippen molar-refractivity contribution in [1.82, 2.24) is 0 Å². The van der Waals surface area contributed by atoms with Crippen LogP contribution in [0.4, 0.5) is 0 Å². The predicted octanol–water partition coefficient (Wildman–Crippen LogP) is 5.64. The summed E-state index contributed by atoms with van der Waals surface area (Å²) in [6.45, 7) is 5.23. The van der Waals surface area contributed by atoms with Crippen LogP contribution in [0.5, 0.6) is 11.5 Å². The van der Waals surface area contributed by atoms with Crippen LogP contribution >= 0.6 is 0 Å². The van der Waals surface area contributed by atoms with E-state index in [1.165, 1.54) is 11.1 Å². The van der Waals surface area contributed by atoms with Crippen LogP contribution < -0.4 is 9.47 Å². The van der Waals surface area contributed by atoms with E-state index in [4.69, 9.17) is 9.47 Å². The molecule has 0 aliphatic heterocycles. The minimum Gasteiger partial charge on any atom is -0.490 e. The van der Waals surface area contributed by atoms with Crippen LogP contribution in [0.25, 0.3) is 0 Å². The molecule has 0 aliphatic rings. The van der Waals surface area contributed by atoms with Gasteiger partial charge in [-0.15, -0.1) is 0 Å². The van der Waals surface area contributed by atoms with Gasteiger partial charge >= 0.3 is 0 Å². The highest BCUT2D eigenvalue weighted by molar-refractivity contribution is 5.76. The van der Waals surface area contributed by atoms with Crippen molar-refractivity contribution in [2.24, 2.45) is 0 Å². The van der Waals surface area contributed by atoms with Crippen molar-refractivity contribution >= 4 is 6.29 Å². The van der Waals surface area contributed by atoms with E-state index in [1.54, 1.807) is 18.2 Å². The monoisotopic (exact) mass is 352 g/mol. The Bertz CT molecular complexity index is 705. The van der Waals surface area contributed by atoms with Crippen molar-refractivity contribution in [3.8, 4) is 11.5 Å². The fourth-order valence-corrected chi connectivity index (χ4v) is 2.78. The van der Waals surface area contributed by atoms with Crippen LogP contribution in [0.3, 0.4) is 0 Å². The molecule has 0 fully saturated rings. The Morgan fingerprint density at radius 3 is 2.58 bits per heavy atom. The second-order valence-electron chi connectivity index (χ2n) is 6.28. The molecule has 0 spiro atoms. The van der Waals surface area contributed by atoms with E-state index in [0.29, 0.717) is 30.3 Å². The molecule has 2 aromatic carbocycles. The molecule has 26 heavy (non-hydrogen) atoms. The van der Waals surface area contributed by atoms with Gasteiger partial charge in [-0.25, -0.2) is 0 Å². The van der Waals surface area contributed by atoms with Gasteiger partial charge in [-0.1, -0.05) is 42.0 Å². The summed E-state index contributed by atoms with van der Waals surface area (Å²) in [7, 11) is 0. The molecule has 0 saturated heterocycles. The summed E-state index contributed by atoms with van der Waals surface area (Å²) in [5.74, 6) is 1.31. The molecule has 2 aromatic rings. The SMILES string of the molecule is CCOc1cc(C=O)ccc1OCCC=C(C)CCCc1ccccc1. The average Bonchev–Trinajstić information content (AvgIpc) is 2.67. The Morgan fingerprint density at radius 2 is 1.85 bits per heavy atom. The van der Waals surface area contributed by atoms with E-state index in [0.717, 1.165) is 32.0 Å². The van der Waals surface area contributed by atoms with Crippen LogP contribution in [0.15, 0.2) is 60.2 Å². The van der Waals surface area contributed by atoms with Gasteiger partial charge in [0.15, 0.2) is 11.5 Å². The molecule has 0 aliphatic carbocycles. The smallest absolute Gasteiger partial charge is 0.161 e. The van der Waals surface area contributed by atoms with Gasteiger partial charge in [0.1, 0.15) is 6.29 Å². The average molecular weight is 352 g/mol. The molecule has 0 bridgehead atoms. The van der Waals surface area contributed by atoms with Crippen LogP contribution in [0, 0.1) is 0 Å². The van der Waals surface area contributed by atoms with Gasteiger partial charge in [0, 0.05) is 5.56 Å². The van der Waals surface area contributed by atoms with Crippen molar-refractivity contribution in [1.29, 1.82) is 0 Å². The zero-order chi connectivity index (χ0) is 18.6. The second-order valence-corrected chi connectivity index (χ2v) is 6.28. The number of aryl methyl sites for hydroxylation is 1. The van der Waals surface area contributed by atoms with Crippen LogP contribution in [-0.2, 0) is 6.42 Å². The molecular weight excluding hydrogens is 324 g/mol. The van der Waals surface area contributed by atoms with Crippen LogP contribution in [0.1, 0.15) is 49.0 Å². The summed E-state index contributed by atoms with van der Waals surface area (Å²) in [6.07, 6.45) is 7.29. The Morgan fingerprint density at radius 1 is 1.04 bits per heavy atom. The van der Waals surface area contributed by atoms with Crippen molar-refractivity contribution in [3.63, 3.8) is 0 Å². The summed E-state index contributed by atoms with van der Waals surface area (Å²) >= 11 is 0. The number of ether oxygens (including phenoxy) is 2. The van der Waals surface area contributed by atoms with E-state index in [2.05, 4.69) is 43.3 Å². The predicted molar refractivity (Wildman–Crippen MR) is 106 cm³/mol. The highest BCUT2D eigenvalue weighted by Gasteiger charge is 2.06. The largest absolute Gasteiger partial charge is 0.490 e. The zero-order valence-corrected chi connectivity index (χ0v) is 15.7. The first-order chi connectivity index (χ1) is 12.7. The summed E-state index contributed by atoms with van der Waals surface area (Å²) < 4.78 is 11.4. The molecular formula is C23H28O3. The minimum absolute atomic E-state index is 0.541. The topological polar surface area (TPSA) is 35.5 Å². The van der Waals surface area contributed by atoms with Gasteiger partial charge in [-0.05, 0) is 63.3 Å². The first-order valence-corrected chi connectivity index (χ1v) is 9.27. The molecule has 3 nitrogen and oxygen atoms in total. The standard InChI is InChI=1S/C23H28O3/c1-3-25-23-17-21(18-24)14-15-22(23)26-16-8-10-19(2)9-7-13-20-11-5-4-6-12-20/h4-6,10-12,14-15,17-18H,3,7-9,13,16H2,1-2H3. The Balaban J connectivity index is 1.74. The number of hydrogen-bond acceptors (Lipinski definition) is 3. The van der Waals surface area contributed by atoms with Gasteiger partial charge in [0.2, 0.25) is 0 Å². The maximum Gasteiger partial charge on any atom is 0.161 e. The lowest BCUT2D eigenvalue weighted by Gasteiger charge is -2.12. The molecule has 0 unspecified atom stereocenters. The fourth-order valence-electron chi connectivity index (χ4n) is 2.78. The van der Waals surface area contributed by atoms with Gasteiger partial charge < -0.3 is 9.47 Å². The summed E-state index contributed by atoms with van der Waals surface area (Å²) in [5, 5.41) is 0. The molecule has 0 radical (unpaired) electrons. The number of benzene rings is 2. The van der Waals surface area contributed by atoms with E-state index >= 15 is 0 Å². The Kier molecular flexibility index (Phi) is 8.47. The third-order valence-corrected chi connectivity index (χ3v) is 4.15. The molecule has 0 amide bonds. The summed E-state index contributed by atoms with van der Waals surface area (Å²) in [6, 6.07) is 15.9. The third-order valence-electron chi connectivity index (χ3n) is 4.15. The molecule has 0 heterocycles. The van der Waals surface area contributed by atoms with Gasteiger partial charge in [0.25, 0.3) is 0 Å². The van der Waals surface area contributed by atoms with E-state index < -0.39 is 0 Å². The van der Waals surface area contributed by atoms with Gasteiger partial charge in [0.05, 0.1) is 13.2 Å². The van der Waals surface area contributed by atoms with Crippen LogP contribution in [-0.4, -0.2) is 19.5 Å². The summed E-state index contributed by atoms with van der Waals surface area (Å²) in [4.78, 5) is 10.9. The van der Waals surface area contributed by atoms with Gasteiger partial charge in [-0.3, -0.25) is 4.79 Å². The maximum absolute atomic E-state index is 10.9. The number of aldehydes is 1. The fraction of sp³-hybridized carbons (Fsp3) is 0.348. The molecule has 0 N–H and O–H groups in total. The van der Waals surface area contributed by atoms with Crippen molar-refractivity contribution in [2.75, 3.05) is 13.2 Å². The second kappa shape index (κ2) is 11.1. The normalized spacial score (nSPS) is 11.2. The lowest BCUT2D eigenvalue weighted by atomic mass is 10.0. The first-order valence-electron chi connectivity index (χ1n) is 9.27. The summed E-state index contributed by atoms with van der Waals surface area (Å²) in [5.41, 5.74) is 3.38. The number of hydrogen-bond donors (Lipinski definition) is 0. The zero-order valence-electron chi connectivity index (χ0n) is 15.7. The van der Waals surface area contributed by atoms with Crippen molar-refractivity contribution in [2.45, 2.75) is 39.5 Å². The van der Waals surface area contributed by atoms with Crippen molar-refractivity contribution < 1.29 is 14.3 Å². The number of carbonyl (C=O) groups excluding carboxylic acids is 1. The number of allylic oxidation sites excluding steroid dienone is 1. The Hall–Kier alpha value is -2.55. The maximum atomic E-state index is 10.9. The van der Waals surface area contributed by atoms with E-state index in [9.17, 15) is 4.79 Å². The first kappa shape index (κ1) is 19.8. The van der Waals surface area contributed by atoms with Crippen LogP contribution in [0.2, 0.25) is 0 Å². The molecule has 0 aromatic heterocycles. The number of rotatable bonds is 11.